The number of nitrogens with one attached hydrogen (secondary N) is 2. The maximum absolute atomic E-state index is 5.71. The van der Waals surface area contributed by atoms with Gasteiger partial charge in [-0.15, -0.1) is 10.2 Å². The van der Waals surface area contributed by atoms with Gasteiger partial charge in [-0.1, -0.05) is 12.1 Å². The van der Waals surface area contributed by atoms with E-state index in [-0.39, 0.29) is 6.10 Å². The van der Waals surface area contributed by atoms with Crippen LogP contribution in [0.2, 0.25) is 0 Å². The van der Waals surface area contributed by atoms with Crippen molar-refractivity contribution in [1.29, 1.82) is 0 Å². The van der Waals surface area contributed by atoms with Gasteiger partial charge in [0.25, 0.3) is 0 Å². The summed E-state index contributed by atoms with van der Waals surface area (Å²) in [5, 5.41) is 15.1. The van der Waals surface area contributed by atoms with Gasteiger partial charge in [-0.3, -0.25) is 0 Å². The van der Waals surface area contributed by atoms with Crippen molar-refractivity contribution < 1.29 is 9.47 Å². The Morgan fingerprint density at radius 1 is 1.31 bits per heavy atom. The van der Waals surface area contributed by atoms with Gasteiger partial charge in [0.2, 0.25) is 0 Å². The average molecular weight is 401 g/mol. The molecular formula is C21H32N6O2. The normalized spacial score (nSPS) is 16.8. The fourth-order valence-corrected chi connectivity index (χ4v) is 3.27. The van der Waals surface area contributed by atoms with Gasteiger partial charge in [0.1, 0.15) is 18.1 Å². The van der Waals surface area contributed by atoms with Crippen LogP contribution >= 0.6 is 0 Å². The first kappa shape index (κ1) is 21.1. The van der Waals surface area contributed by atoms with Crippen LogP contribution in [0.15, 0.2) is 23.2 Å². The third kappa shape index (κ3) is 5.93. The number of aryl methyl sites for hydroxylation is 2. The molecule has 0 amide bonds. The highest BCUT2D eigenvalue weighted by Crippen LogP contribution is 2.19. The van der Waals surface area contributed by atoms with Crippen molar-refractivity contribution in [1.82, 2.24) is 25.4 Å². The van der Waals surface area contributed by atoms with Crippen molar-refractivity contribution in [3.05, 3.63) is 41.0 Å². The maximum atomic E-state index is 5.71. The minimum absolute atomic E-state index is 0.250. The first-order valence-electron chi connectivity index (χ1n) is 10.2. The van der Waals surface area contributed by atoms with Gasteiger partial charge < -0.3 is 24.7 Å². The lowest BCUT2D eigenvalue weighted by Gasteiger charge is -2.16. The van der Waals surface area contributed by atoms with Crippen LogP contribution in [0, 0.1) is 13.8 Å². The van der Waals surface area contributed by atoms with E-state index in [1.807, 2.05) is 18.5 Å². The molecule has 0 radical (unpaired) electrons. The molecule has 2 heterocycles. The van der Waals surface area contributed by atoms with Gasteiger partial charge in [-0.2, -0.15) is 0 Å². The summed E-state index contributed by atoms with van der Waals surface area (Å²) < 4.78 is 13.1. The molecule has 8 nitrogen and oxygen atoms in total. The molecule has 3 rings (SSSR count). The molecule has 1 fully saturated rings. The predicted molar refractivity (Wildman–Crippen MR) is 113 cm³/mol. The Bertz CT molecular complexity index is 827. The Morgan fingerprint density at radius 2 is 2.17 bits per heavy atom. The number of ether oxygens (including phenoxy) is 2. The van der Waals surface area contributed by atoms with E-state index in [0.29, 0.717) is 6.54 Å². The van der Waals surface area contributed by atoms with Crippen LogP contribution in [-0.4, -0.2) is 53.6 Å². The highest BCUT2D eigenvalue weighted by atomic mass is 16.5. The summed E-state index contributed by atoms with van der Waals surface area (Å²) in [5.74, 6) is 3.40. The van der Waals surface area contributed by atoms with Crippen LogP contribution in [0.3, 0.4) is 0 Å². The Labute approximate surface area is 172 Å². The molecule has 29 heavy (non-hydrogen) atoms. The molecule has 0 spiro atoms. The smallest absolute Gasteiger partial charge is 0.191 e. The lowest BCUT2D eigenvalue weighted by atomic mass is 10.1. The van der Waals surface area contributed by atoms with Crippen LogP contribution in [0.5, 0.6) is 5.75 Å². The Morgan fingerprint density at radius 3 is 2.86 bits per heavy atom. The molecule has 8 heteroatoms. The van der Waals surface area contributed by atoms with Crippen LogP contribution in [0.25, 0.3) is 0 Å². The molecule has 0 bridgehead atoms. The van der Waals surface area contributed by atoms with Gasteiger partial charge in [-0.25, -0.2) is 4.99 Å². The second-order valence-electron chi connectivity index (χ2n) is 7.38. The zero-order chi connectivity index (χ0) is 20.6. The van der Waals surface area contributed by atoms with Gasteiger partial charge in [-0.05, 0) is 50.3 Å². The molecule has 1 aromatic heterocycles. The van der Waals surface area contributed by atoms with Gasteiger partial charge in [0.05, 0.1) is 13.2 Å². The number of benzene rings is 1. The highest BCUT2D eigenvalue weighted by molar-refractivity contribution is 5.79. The van der Waals surface area contributed by atoms with E-state index in [1.54, 1.807) is 7.11 Å². The number of guanidine groups is 1. The second kappa shape index (κ2) is 10.2. The summed E-state index contributed by atoms with van der Waals surface area (Å²) >= 11 is 0. The Hall–Kier alpha value is -2.61. The molecular weight excluding hydrogens is 368 g/mol. The van der Waals surface area contributed by atoms with Crippen molar-refractivity contribution in [2.24, 2.45) is 12.0 Å². The van der Waals surface area contributed by atoms with E-state index < -0.39 is 0 Å². The van der Waals surface area contributed by atoms with E-state index in [4.69, 9.17) is 14.5 Å². The van der Waals surface area contributed by atoms with E-state index in [2.05, 4.69) is 46.0 Å². The highest BCUT2D eigenvalue weighted by Gasteiger charge is 2.15. The number of hydrogen-bond donors (Lipinski definition) is 2. The average Bonchev–Trinajstić information content (AvgIpc) is 3.35. The molecule has 1 aliphatic heterocycles. The van der Waals surface area contributed by atoms with Crippen LogP contribution in [-0.2, 0) is 24.8 Å². The molecule has 1 atom stereocenters. The van der Waals surface area contributed by atoms with Gasteiger partial charge in [0.15, 0.2) is 11.8 Å². The number of nitrogens with zero attached hydrogens (tertiary/aromatic N) is 4. The summed E-state index contributed by atoms with van der Waals surface area (Å²) in [6.45, 7) is 6.82. The molecule has 1 saturated heterocycles. The fraction of sp³-hybridized carbons (Fsp3) is 0.571. The first-order valence-corrected chi connectivity index (χ1v) is 10.2. The maximum Gasteiger partial charge on any atom is 0.191 e. The number of aliphatic imine (C=N–C) groups is 1. The third-order valence-electron chi connectivity index (χ3n) is 5.26. The standard InChI is InChI=1S/C21H32N6O2/c1-15-7-8-17(12-19(15)28-4)9-10-22-21(23-13-18-6-5-11-29-18)24-14-20-26-25-16(2)27(20)3/h7-8,12,18H,5-6,9-11,13-14H2,1-4H3,(H2,22,23,24). The van der Waals surface area contributed by atoms with E-state index in [0.717, 1.165) is 67.9 Å². The lowest BCUT2D eigenvalue weighted by molar-refractivity contribution is 0.114. The van der Waals surface area contributed by atoms with E-state index in [1.165, 1.54) is 5.56 Å². The largest absolute Gasteiger partial charge is 0.496 e. The summed E-state index contributed by atoms with van der Waals surface area (Å²) in [4.78, 5) is 4.70. The minimum Gasteiger partial charge on any atom is -0.496 e. The zero-order valence-electron chi connectivity index (χ0n) is 17.9. The monoisotopic (exact) mass is 400 g/mol. The van der Waals surface area contributed by atoms with Crippen molar-refractivity contribution in [2.75, 3.05) is 26.8 Å². The molecule has 1 aliphatic rings. The fourth-order valence-electron chi connectivity index (χ4n) is 3.27. The van der Waals surface area contributed by atoms with Crippen molar-refractivity contribution >= 4 is 5.96 Å². The Balaban J connectivity index is 1.59. The predicted octanol–water partition coefficient (Wildman–Crippen LogP) is 1.90. The van der Waals surface area contributed by atoms with E-state index >= 15 is 0 Å². The van der Waals surface area contributed by atoms with E-state index in [9.17, 15) is 0 Å². The molecule has 1 unspecified atom stereocenters. The topological polar surface area (TPSA) is 85.6 Å². The van der Waals surface area contributed by atoms with Crippen molar-refractivity contribution in [3.8, 4) is 5.75 Å². The molecule has 158 valence electrons. The number of rotatable bonds is 8. The number of methoxy groups -OCH3 is 1. The van der Waals surface area contributed by atoms with Gasteiger partial charge >= 0.3 is 0 Å². The second-order valence-corrected chi connectivity index (χ2v) is 7.38. The number of hydrogen-bond acceptors (Lipinski definition) is 5. The molecule has 0 saturated carbocycles. The van der Waals surface area contributed by atoms with Crippen molar-refractivity contribution in [2.45, 2.75) is 45.8 Å². The van der Waals surface area contributed by atoms with Crippen LogP contribution < -0.4 is 15.4 Å². The summed E-state index contributed by atoms with van der Waals surface area (Å²) in [6, 6.07) is 6.32. The zero-order valence-corrected chi connectivity index (χ0v) is 17.9. The molecule has 2 aromatic rings. The third-order valence-corrected chi connectivity index (χ3v) is 5.26. The quantitative estimate of drug-likeness (QED) is 0.520. The minimum atomic E-state index is 0.250. The molecule has 0 aliphatic carbocycles. The summed E-state index contributed by atoms with van der Waals surface area (Å²) in [6.07, 6.45) is 3.34. The first-order chi connectivity index (χ1) is 14.1. The number of aromatic nitrogens is 3. The van der Waals surface area contributed by atoms with Crippen LogP contribution in [0.1, 0.15) is 35.6 Å². The summed E-state index contributed by atoms with van der Waals surface area (Å²) in [5.41, 5.74) is 2.37. The van der Waals surface area contributed by atoms with Crippen molar-refractivity contribution in [3.63, 3.8) is 0 Å². The summed E-state index contributed by atoms with van der Waals surface area (Å²) in [7, 11) is 3.66. The molecule has 1 aromatic carbocycles. The van der Waals surface area contributed by atoms with Crippen LogP contribution in [0.4, 0.5) is 0 Å². The SMILES string of the molecule is COc1cc(CCNC(=NCc2nnc(C)n2C)NCC2CCCO2)ccc1C. The van der Waals surface area contributed by atoms with Gasteiger partial charge in [0, 0.05) is 26.7 Å². The Kier molecular flexibility index (Phi) is 7.46. The molecule has 2 N–H and O–H groups in total. The lowest BCUT2D eigenvalue weighted by Crippen LogP contribution is -2.42.